The number of hydrogen-bond donors (Lipinski definition) is 0. The minimum absolute atomic E-state index is 0.101. The Hall–Kier alpha value is -2.59. The van der Waals surface area contributed by atoms with E-state index in [2.05, 4.69) is 15.9 Å². The van der Waals surface area contributed by atoms with Gasteiger partial charge in [-0.2, -0.15) is 5.26 Å². The molecule has 6 nitrogen and oxygen atoms in total. The summed E-state index contributed by atoms with van der Waals surface area (Å²) in [6.07, 6.45) is 0. The number of rotatable bonds is 4. The van der Waals surface area contributed by atoms with Crippen LogP contribution in [0.25, 0.3) is 0 Å². The van der Waals surface area contributed by atoms with Crippen LogP contribution in [0.15, 0.2) is 40.9 Å². The number of methoxy groups -OCH3 is 1. The largest absolute Gasteiger partial charge is 0.493 e. The molecule has 0 unspecified atom stereocenters. The van der Waals surface area contributed by atoms with Crippen LogP contribution in [-0.2, 0) is 0 Å². The summed E-state index contributed by atoms with van der Waals surface area (Å²) in [5, 5.41) is 19.6. The first-order valence-corrected chi connectivity index (χ1v) is 6.54. The second-order valence-electron chi connectivity index (χ2n) is 3.95. The highest BCUT2D eigenvalue weighted by atomic mass is 79.9. The molecule has 0 aliphatic carbocycles. The van der Waals surface area contributed by atoms with Crippen LogP contribution >= 0.6 is 15.9 Å². The number of nitriles is 1. The maximum absolute atomic E-state index is 10.8. The van der Waals surface area contributed by atoms with Gasteiger partial charge in [0.15, 0.2) is 11.5 Å². The predicted octanol–water partition coefficient (Wildman–Crippen LogP) is 4.03. The molecule has 0 bridgehead atoms. The van der Waals surface area contributed by atoms with Crippen LogP contribution in [0.4, 0.5) is 5.69 Å². The number of halogens is 1. The highest BCUT2D eigenvalue weighted by Gasteiger charge is 2.14. The number of hydrogen-bond acceptors (Lipinski definition) is 5. The first-order valence-electron chi connectivity index (χ1n) is 5.75. The van der Waals surface area contributed by atoms with Crippen LogP contribution in [0.1, 0.15) is 5.56 Å². The average molecular weight is 349 g/mol. The maximum atomic E-state index is 10.8. The lowest BCUT2D eigenvalue weighted by Gasteiger charge is -2.11. The normalized spacial score (nSPS) is 9.76. The van der Waals surface area contributed by atoms with E-state index in [1.54, 1.807) is 18.2 Å². The summed E-state index contributed by atoms with van der Waals surface area (Å²) in [4.78, 5) is 10.3. The average Bonchev–Trinajstić information content (AvgIpc) is 2.49. The van der Waals surface area contributed by atoms with Gasteiger partial charge >= 0.3 is 0 Å². The molecule has 0 saturated carbocycles. The van der Waals surface area contributed by atoms with Gasteiger partial charge in [-0.1, -0.05) is 0 Å². The summed E-state index contributed by atoms with van der Waals surface area (Å²) in [5.74, 6) is 1.02. The van der Waals surface area contributed by atoms with Crippen LogP contribution in [0.3, 0.4) is 0 Å². The highest BCUT2D eigenvalue weighted by molar-refractivity contribution is 9.10. The van der Waals surface area contributed by atoms with Crippen LogP contribution in [0.5, 0.6) is 17.2 Å². The summed E-state index contributed by atoms with van der Waals surface area (Å²) < 4.78 is 11.3. The monoisotopic (exact) mass is 348 g/mol. The van der Waals surface area contributed by atoms with E-state index in [4.69, 9.17) is 14.7 Å². The molecule has 0 aliphatic rings. The van der Waals surface area contributed by atoms with Gasteiger partial charge in [-0.3, -0.25) is 10.1 Å². The van der Waals surface area contributed by atoms with Gasteiger partial charge in [-0.05, 0) is 40.2 Å². The van der Waals surface area contributed by atoms with Crippen molar-refractivity contribution in [1.82, 2.24) is 0 Å². The first-order chi connectivity index (χ1) is 10.0. The molecule has 0 saturated heterocycles. The third-order valence-electron chi connectivity index (χ3n) is 2.64. The lowest BCUT2D eigenvalue weighted by Crippen LogP contribution is -1.94. The fourth-order valence-electron chi connectivity index (χ4n) is 1.63. The van der Waals surface area contributed by atoms with Crippen molar-refractivity contribution in [1.29, 1.82) is 5.26 Å². The van der Waals surface area contributed by atoms with Crippen LogP contribution in [0.2, 0.25) is 0 Å². The minimum Gasteiger partial charge on any atom is -0.493 e. The fourth-order valence-corrected chi connectivity index (χ4v) is 2.09. The molecule has 2 rings (SSSR count). The van der Waals surface area contributed by atoms with Gasteiger partial charge < -0.3 is 9.47 Å². The summed E-state index contributed by atoms with van der Waals surface area (Å²) in [6, 6.07) is 10.9. The SMILES string of the molecule is COc1ccc([N+](=O)[O-])cc1Oc1ccc(C#N)cc1Br. The Balaban J connectivity index is 2.40. The Morgan fingerprint density at radius 2 is 1.90 bits per heavy atom. The molecule has 106 valence electrons. The molecule has 0 aliphatic heterocycles. The summed E-state index contributed by atoms with van der Waals surface area (Å²) >= 11 is 3.29. The van der Waals surface area contributed by atoms with Crippen molar-refractivity contribution in [3.8, 4) is 23.3 Å². The molecule has 0 amide bonds. The molecule has 0 heterocycles. The summed E-state index contributed by atoms with van der Waals surface area (Å²) in [7, 11) is 1.45. The molecule has 2 aromatic rings. The van der Waals surface area contributed by atoms with Crippen molar-refractivity contribution in [3.63, 3.8) is 0 Å². The van der Waals surface area contributed by atoms with Crippen LogP contribution in [-0.4, -0.2) is 12.0 Å². The van der Waals surface area contributed by atoms with Gasteiger partial charge in [0, 0.05) is 6.07 Å². The van der Waals surface area contributed by atoms with E-state index >= 15 is 0 Å². The van der Waals surface area contributed by atoms with Crippen molar-refractivity contribution in [2.24, 2.45) is 0 Å². The van der Waals surface area contributed by atoms with E-state index in [0.717, 1.165) is 0 Å². The second kappa shape index (κ2) is 6.24. The zero-order chi connectivity index (χ0) is 15.4. The Bertz CT molecular complexity index is 740. The third kappa shape index (κ3) is 3.30. The standard InChI is InChI=1S/C14H9BrN2O4/c1-20-13-5-3-10(17(18)19)7-14(13)21-12-4-2-9(8-16)6-11(12)15/h2-7H,1H3. The molecule has 21 heavy (non-hydrogen) atoms. The number of nitro groups is 1. The number of nitro benzene ring substituents is 1. The topological polar surface area (TPSA) is 85.4 Å². The molecule has 2 aromatic carbocycles. The van der Waals surface area contributed by atoms with Gasteiger partial charge in [-0.15, -0.1) is 0 Å². The quantitative estimate of drug-likeness (QED) is 0.614. The molecular weight excluding hydrogens is 340 g/mol. The van der Waals surface area contributed by atoms with Gasteiger partial charge in [0.2, 0.25) is 0 Å². The lowest BCUT2D eigenvalue weighted by atomic mass is 10.2. The zero-order valence-corrected chi connectivity index (χ0v) is 12.5. The fraction of sp³-hybridized carbons (Fsp3) is 0.0714. The lowest BCUT2D eigenvalue weighted by molar-refractivity contribution is -0.384. The number of nitrogens with zero attached hydrogens (tertiary/aromatic N) is 2. The number of non-ortho nitro benzene ring substituents is 1. The van der Waals surface area contributed by atoms with E-state index in [1.807, 2.05) is 6.07 Å². The third-order valence-corrected chi connectivity index (χ3v) is 3.26. The van der Waals surface area contributed by atoms with E-state index in [1.165, 1.54) is 25.3 Å². The molecule has 0 aromatic heterocycles. The van der Waals surface area contributed by atoms with Crippen molar-refractivity contribution in [3.05, 3.63) is 56.5 Å². The highest BCUT2D eigenvalue weighted by Crippen LogP contribution is 2.37. The van der Waals surface area contributed by atoms with Crippen LogP contribution in [0, 0.1) is 21.4 Å². The van der Waals surface area contributed by atoms with Crippen molar-refractivity contribution in [2.75, 3.05) is 7.11 Å². The van der Waals surface area contributed by atoms with Gasteiger partial charge in [0.25, 0.3) is 5.69 Å². The Morgan fingerprint density at radius 1 is 1.19 bits per heavy atom. The van der Waals surface area contributed by atoms with Crippen molar-refractivity contribution in [2.45, 2.75) is 0 Å². The molecule has 0 atom stereocenters. The smallest absolute Gasteiger partial charge is 0.273 e. The second-order valence-corrected chi connectivity index (χ2v) is 4.81. The molecule has 0 radical (unpaired) electrons. The van der Waals surface area contributed by atoms with E-state index in [9.17, 15) is 10.1 Å². The van der Waals surface area contributed by atoms with Gasteiger partial charge in [0.1, 0.15) is 5.75 Å². The Kier molecular flexibility index (Phi) is 4.40. The summed E-state index contributed by atoms with van der Waals surface area (Å²) in [6.45, 7) is 0. The molecule has 0 fully saturated rings. The molecular formula is C14H9BrN2O4. The van der Waals surface area contributed by atoms with Gasteiger partial charge in [-0.25, -0.2) is 0 Å². The van der Waals surface area contributed by atoms with E-state index in [-0.39, 0.29) is 11.4 Å². The first kappa shape index (κ1) is 14.8. The molecule has 0 spiro atoms. The minimum atomic E-state index is -0.514. The number of benzene rings is 2. The van der Waals surface area contributed by atoms with E-state index in [0.29, 0.717) is 21.5 Å². The maximum Gasteiger partial charge on any atom is 0.273 e. The van der Waals surface area contributed by atoms with Crippen molar-refractivity contribution >= 4 is 21.6 Å². The van der Waals surface area contributed by atoms with E-state index < -0.39 is 4.92 Å². The Morgan fingerprint density at radius 3 is 2.48 bits per heavy atom. The molecule has 7 heteroatoms. The zero-order valence-electron chi connectivity index (χ0n) is 10.9. The van der Waals surface area contributed by atoms with Crippen LogP contribution < -0.4 is 9.47 Å². The Labute approximate surface area is 128 Å². The summed E-state index contributed by atoms with van der Waals surface area (Å²) in [5.41, 5.74) is 0.371. The van der Waals surface area contributed by atoms with Crippen molar-refractivity contribution < 1.29 is 14.4 Å². The predicted molar refractivity (Wildman–Crippen MR) is 78.6 cm³/mol. The number of ether oxygens (including phenoxy) is 2. The molecule has 0 N–H and O–H groups in total. The van der Waals surface area contributed by atoms with Gasteiger partial charge in [0.05, 0.1) is 34.2 Å².